The third-order valence-corrected chi connectivity index (χ3v) is 2.47. The summed E-state index contributed by atoms with van der Waals surface area (Å²) in [4.78, 5) is 0. The van der Waals surface area contributed by atoms with Gasteiger partial charge in [0.15, 0.2) is 0 Å². The highest BCUT2D eigenvalue weighted by atomic mass is 19.1. The molecule has 0 saturated carbocycles. The van der Waals surface area contributed by atoms with Gasteiger partial charge in [-0.25, -0.2) is 8.78 Å². The molecular weight excluding hydrogens is 248 g/mol. The maximum atomic E-state index is 13.6. The Morgan fingerprint density at radius 1 is 1.05 bits per heavy atom. The van der Waals surface area contributed by atoms with Crippen molar-refractivity contribution in [1.29, 1.82) is 0 Å². The minimum Gasteiger partial charge on any atom is -0.497 e. The van der Waals surface area contributed by atoms with E-state index in [9.17, 15) is 8.78 Å². The van der Waals surface area contributed by atoms with Crippen molar-refractivity contribution in [2.24, 2.45) is 0 Å². The molecule has 0 aromatic heterocycles. The van der Waals surface area contributed by atoms with Crippen LogP contribution in [-0.4, -0.2) is 7.11 Å². The molecule has 0 fully saturated rings. The van der Waals surface area contributed by atoms with Crippen LogP contribution in [0.25, 0.3) is 0 Å². The molecule has 0 heterocycles. The number of nitrogen functional groups attached to an aromatic ring is 1. The highest BCUT2D eigenvalue weighted by Gasteiger charge is 2.09. The minimum absolute atomic E-state index is 0.115. The van der Waals surface area contributed by atoms with Crippen molar-refractivity contribution < 1.29 is 13.5 Å². The molecule has 0 aliphatic rings. The summed E-state index contributed by atoms with van der Waals surface area (Å²) in [5.74, 6) is 3.74. The number of methoxy groups -OCH3 is 1. The van der Waals surface area contributed by atoms with E-state index in [1.165, 1.54) is 7.11 Å². The first kappa shape index (κ1) is 12.9. The van der Waals surface area contributed by atoms with Crippen LogP contribution in [0.3, 0.4) is 0 Å². The molecule has 0 amide bonds. The van der Waals surface area contributed by atoms with Crippen LogP contribution >= 0.6 is 0 Å². The molecule has 2 aromatic rings. The normalized spacial score (nSPS) is 9.63. The number of hydrogen-bond donors (Lipinski definition) is 1. The predicted octanol–water partition coefficient (Wildman–Crippen LogP) is 2.96. The largest absolute Gasteiger partial charge is 0.497 e. The quantitative estimate of drug-likeness (QED) is 0.631. The Labute approximate surface area is 109 Å². The third-order valence-electron chi connectivity index (χ3n) is 2.47. The van der Waals surface area contributed by atoms with E-state index in [0.717, 1.165) is 12.1 Å². The van der Waals surface area contributed by atoms with E-state index < -0.39 is 11.6 Å². The second kappa shape index (κ2) is 5.40. The molecule has 96 valence electrons. The van der Waals surface area contributed by atoms with Gasteiger partial charge in [-0.1, -0.05) is 17.9 Å². The highest BCUT2D eigenvalue weighted by Crippen LogP contribution is 2.19. The van der Waals surface area contributed by atoms with E-state index in [2.05, 4.69) is 11.8 Å². The summed E-state index contributed by atoms with van der Waals surface area (Å²) in [6.07, 6.45) is 0. The second-order valence-corrected chi connectivity index (χ2v) is 3.84. The third kappa shape index (κ3) is 3.02. The van der Waals surface area contributed by atoms with E-state index in [0.29, 0.717) is 11.3 Å². The van der Waals surface area contributed by atoms with Gasteiger partial charge in [-0.05, 0) is 18.2 Å². The van der Waals surface area contributed by atoms with Gasteiger partial charge in [0, 0.05) is 23.4 Å². The van der Waals surface area contributed by atoms with Crippen LogP contribution in [0.2, 0.25) is 0 Å². The monoisotopic (exact) mass is 259 g/mol. The van der Waals surface area contributed by atoms with Crippen molar-refractivity contribution >= 4 is 5.69 Å². The summed E-state index contributed by atoms with van der Waals surface area (Å²) >= 11 is 0. The molecule has 4 heteroatoms. The standard InChI is InChI=1S/C15H11F2NO/c1-19-12-8-14(16)13(15(17)9-12)6-5-10-3-2-4-11(18)7-10/h2-4,7-9H,18H2,1H3. The highest BCUT2D eigenvalue weighted by molar-refractivity contribution is 5.50. The SMILES string of the molecule is COc1cc(F)c(C#Cc2cccc(N)c2)c(F)c1. The smallest absolute Gasteiger partial charge is 0.145 e. The average molecular weight is 259 g/mol. The van der Waals surface area contributed by atoms with Gasteiger partial charge in [-0.3, -0.25) is 0 Å². The number of ether oxygens (including phenoxy) is 1. The lowest BCUT2D eigenvalue weighted by atomic mass is 10.1. The number of anilines is 1. The average Bonchev–Trinajstić information content (AvgIpc) is 2.37. The Hall–Kier alpha value is -2.54. The van der Waals surface area contributed by atoms with E-state index in [1.807, 2.05) is 0 Å². The number of benzene rings is 2. The minimum atomic E-state index is -0.756. The predicted molar refractivity (Wildman–Crippen MR) is 69.7 cm³/mol. The molecule has 19 heavy (non-hydrogen) atoms. The number of hydrogen-bond acceptors (Lipinski definition) is 2. The first-order valence-electron chi connectivity index (χ1n) is 5.51. The summed E-state index contributed by atoms with van der Waals surface area (Å²) in [5, 5.41) is 0. The van der Waals surface area contributed by atoms with E-state index in [1.54, 1.807) is 24.3 Å². The summed E-state index contributed by atoms with van der Waals surface area (Å²) in [6.45, 7) is 0. The Morgan fingerprint density at radius 3 is 2.32 bits per heavy atom. The van der Waals surface area contributed by atoms with Gasteiger partial charge >= 0.3 is 0 Å². The fourth-order valence-electron chi connectivity index (χ4n) is 1.54. The van der Waals surface area contributed by atoms with Gasteiger partial charge in [0.2, 0.25) is 0 Å². The number of nitrogens with two attached hydrogens (primary N) is 1. The van der Waals surface area contributed by atoms with E-state index in [-0.39, 0.29) is 11.3 Å². The van der Waals surface area contributed by atoms with E-state index in [4.69, 9.17) is 10.5 Å². The van der Waals surface area contributed by atoms with Crippen LogP contribution in [-0.2, 0) is 0 Å². The Bertz CT molecular complexity index is 648. The van der Waals surface area contributed by atoms with Crippen LogP contribution in [0.15, 0.2) is 36.4 Å². The maximum absolute atomic E-state index is 13.6. The van der Waals surface area contributed by atoms with Crippen LogP contribution in [0.1, 0.15) is 11.1 Å². The molecule has 0 unspecified atom stereocenters. The Morgan fingerprint density at radius 2 is 1.74 bits per heavy atom. The molecule has 2 rings (SSSR count). The van der Waals surface area contributed by atoms with Gasteiger partial charge in [-0.2, -0.15) is 0 Å². The summed E-state index contributed by atoms with van der Waals surface area (Å²) in [6, 6.07) is 8.95. The van der Waals surface area contributed by atoms with Gasteiger partial charge in [0.05, 0.1) is 12.7 Å². The summed E-state index contributed by atoms with van der Waals surface area (Å²) in [7, 11) is 1.34. The fourth-order valence-corrected chi connectivity index (χ4v) is 1.54. The van der Waals surface area contributed by atoms with Crippen LogP contribution in [0.4, 0.5) is 14.5 Å². The lowest BCUT2D eigenvalue weighted by Gasteiger charge is -2.02. The summed E-state index contributed by atoms with van der Waals surface area (Å²) < 4.78 is 32.0. The van der Waals surface area contributed by atoms with Gasteiger partial charge < -0.3 is 10.5 Å². The van der Waals surface area contributed by atoms with Crippen LogP contribution in [0, 0.1) is 23.5 Å². The molecule has 0 aliphatic carbocycles. The molecule has 2 N–H and O–H groups in total. The zero-order valence-corrected chi connectivity index (χ0v) is 10.2. The zero-order valence-electron chi connectivity index (χ0n) is 10.2. The molecule has 0 radical (unpaired) electrons. The fraction of sp³-hybridized carbons (Fsp3) is 0.0667. The van der Waals surface area contributed by atoms with Crippen LogP contribution in [0.5, 0.6) is 5.75 Å². The molecule has 2 aromatic carbocycles. The van der Waals surface area contributed by atoms with Crippen molar-refractivity contribution in [1.82, 2.24) is 0 Å². The molecule has 2 nitrogen and oxygen atoms in total. The molecule has 0 aliphatic heterocycles. The zero-order chi connectivity index (χ0) is 13.8. The van der Waals surface area contributed by atoms with Gasteiger partial charge in [0.1, 0.15) is 17.4 Å². The maximum Gasteiger partial charge on any atom is 0.145 e. The first-order chi connectivity index (χ1) is 9.10. The lowest BCUT2D eigenvalue weighted by Crippen LogP contribution is -1.93. The molecule has 0 atom stereocenters. The number of halogens is 2. The molecular formula is C15H11F2NO. The van der Waals surface area contributed by atoms with Crippen LogP contribution < -0.4 is 10.5 Å². The Kier molecular flexibility index (Phi) is 3.67. The van der Waals surface area contributed by atoms with Crippen molar-refractivity contribution in [3.63, 3.8) is 0 Å². The number of rotatable bonds is 1. The topological polar surface area (TPSA) is 35.2 Å². The second-order valence-electron chi connectivity index (χ2n) is 3.84. The van der Waals surface area contributed by atoms with Gasteiger partial charge in [0.25, 0.3) is 0 Å². The van der Waals surface area contributed by atoms with Crippen molar-refractivity contribution in [2.45, 2.75) is 0 Å². The van der Waals surface area contributed by atoms with Crippen molar-refractivity contribution in [3.05, 3.63) is 59.2 Å². The molecule has 0 spiro atoms. The van der Waals surface area contributed by atoms with E-state index >= 15 is 0 Å². The van der Waals surface area contributed by atoms with Crippen molar-refractivity contribution in [2.75, 3.05) is 12.8 Å². The van der Waals surface area contributed by atoms with Gasteiger partial charge in [-0.15, -0.1) is 0 Å². The lowest BCUT2D eigenvalue weighted by molar-refractivity contribution is 0.406. The first-order valence-corrected chi connectivity index (χ1v) is 5.51. The summed E-state index contributed by atoms with van der Waals surface area (Å²) in [5.41, 5.74) is 6.44. The molecule has 0 bridgehead atoms. The Balaban J connectivity index is 2.40. The molecule has 0 saturated heterocycles. The van der Waals surface area contributed by atoms with Crippen molar-refractivity contribution in [3.8, 4) is 17.6 Å².